The van der Waals surface area contributed by atoms with Crippen molar-refractivity contribution in [2.24, 2.45) is 11.8 Å². The van der Waals surface area contributed by atoms with Gasteiger partial charge >= 0.3 is 5.97 Å². The highest BCUT2D eigenvalue weighted by Crippen LogP contribution is 2.40. The first kappa shape index (κ1) is 14.4. The molecule has 0 radical (unpaired) electrons. The van der Waals surface area contributed by atoms with E-state index < -0.39 is 5.79 Å². The average molecular weight is 310 g/mol. The molecule has 4 rings (SSSR count). The molecule has 0 aliphatic carbocycles. The van der Waals surface area contributed by atoms with Gasteiger partial charge in [-0.15, -0.1) is 0 Å². The maximum absolute atomic E-state index is 11.9. The molecule has 0 bridgehead atoms. The Labute approximate surface area is 135 Å². The molecule has 4 nitrogen and oxygen atoms in total. The molecule has 4 heteroatoms. The van der Waals surface area contributed by atoms with Crippen molar-refractivity contribution in [2.45, 2.75) is 5.79 Å². The number of hydrogen-bond acceptors (Lipinski definition) is 4. The molecule has 118 valence electrons. The second-order valence-corrected chi connectivity index (χ2v) is 5.97. The summed E-state index contributed by atoms with van der Waals surface area (Å²) in [5.41, 5.74) is 1.86. The molecule has 2 aromatic rings. The first-order valence-corrected chi connectivity index (χ1v) is 7.85. The van der Waals surface area contributed by atoms with Crippen LogP contribution in [0.1, 0.15) is 11.1 Å². The number of carbonyl (C=O) groups excluding carboxylic acids is 1. The maximum atomic E-state index is 11.9. The third-order valence-corrected chi connectivity index (χ3v) is 4.59. The summed E-state index contributed by atoms with van der Waals surface area (Å²) in [6.45, 7) is 1.14. The molecule has 0 N–H and O–H groups in total. The van der Waals surface area contributed by atoms with Crippen LogP contribution >= 0.6 is 0 Å². The van der Waals surface area contributed by atoms with Crippen LogP contribution in [-0.2, 0) is 24.8 Å². The molecule has 0 aromatic heterocycles. The highest BCUT2D eigenvalue weighted by molar-refractivity contribution is 5.75. The van der Waals surface area contributed by atoms with Gasteiger partial charge in [-0.2, -0.15) is 0 Å². The Bertz CT molecular complexity index is 644. The van der Waals surface area contributed by atoms with Crippen LogP contribution in [0.2, 0.25) is 0 Å². The minimum Gasteiger partial charge on any atom is -0.465 e. The van der Waals surface area contributed by atoms with Gasteiger partial charge in [0.2, 0.25) is 5.79 Å². The molecule has 2 heterocycles. The number of benzene rings is 2. The van der Waals surface area contributed by atoms with Crippen molar-refractivity contribution in [1.29, 1.82) is 0 Å². The maximum Gasteiger partial charge on any atom is 0.311 e. The summed E-state index contributed by atoms with van der Waals surface area (Å²) in [5, 5.41) is 0. The van der Waals surface area contributed by atoms with Gasteiger partial charge in [0, 0.05) is 17.0 Å². The summed E-state index contributed by atoms with van der Waals surface area (Å²) in [6.07, 6.45) is 0. The van der Waals surface area contributed by atoms with Crippen LogP contribution in [0.3, 0.4) is 0 Å². The number of carbonyl (C=O) groups is 1. The molecule has 2 unspecified atom stereocenters. The molecule has 0 spiro atoms. The molecule has 2 fully saturated rings. The molecule has 0 amide bonds. The van der Waals surface area contributed by atoms with Crippen molar-refractivity contribution < 1.29 is 19.0 Å². The van der Waals surface area contributed by atoms with E-state index in [9.17, 15) is 4.79 Å². The van der Waals surface area contributed by atoms with Crippen LogP contribution in [0.4, 0.5) is 0 Å². The fourth-order valence-corrected chi connectivity index (χ4v) is 3.26. The molecule has 2 aliphatic rings. The Balaban J connectivity index is 1.77. The normalized spacial score (nSPS) is 26.2. The van der Waals surface area contributed by atoms with Crippen molar-refractivity contribution in [3.05, 3.63) is 71.8 Å². The van der Waals surface area contributed by atoms with Crippen LogP contribution in [-0.4, -0.2) is 25.8 Å². The Kier molecular flexibility index (Phi) is 3.63. The van der Waals surface area contributed by atoms with Crippen molar-refractivity contribution in [3.63, 3.8) is 0 Å². The zero-order valence-electron chi connectivity index (χ0n) is 12.7. The van der Waals surface area contributed by atoms with Crippen molar-refractivity contribution in [3.8, 4) is 0 Å². The highest BCUT2D eigenvalue weighted by atomic mass is 16.7. The van der Waals surface area contributed by atoms with Gasteiger partial charge in [0.1, 0.15) is 0 Å². The number of hydrogen-bond donors (Lipinski definition) is 0. The Hall–Kier alpha value is -2.17. The van der Waals surface area contributed by atoms with E-state index in [4.69, 9.17) is 14.2 Å². The predicted octanol–water partition coefficient (Wildman–Crippen LogP) is 2.72. The average Bonchev–Trinajstić information content (AvgIpc) is 2.86. The predicted molar refractivity (Wildman–Crippen MR) is 83.5 cm³/mol. The van der Waals surface area contributed by atoms with Crippen LogP contribution in [0.5, 0.6) is 0 Å². The van der Waals surface area contributed by atoms with Crippen LogP contribution in [0.15, 0.2) is 60.7 Å². The molecular weight excluding hydrogens is 292 g/mol. The molecule has 0 saturated carbocycles. The van der Waals surface area contributed by atoms with E-state index in [2.05, 4.69) is 0 Å². The van der Waals surface area contributed by atoms with E-state index in [1.54, 1.807) is 0 Å². The molecule has 2 aromatic carbocycles. The summed E-state index contributed by atoms with van der Waals surface area (Å²) >= 11 is 0. The van der Waals surface area contributed by atoms with Gasteiger partial charge in [-0.3, -0.25) is 4.79 Å². The minimum absolute atomic E-state index is 0.0526. The SMILES string of the molecule is O=C1OCC2COC(c3ccccc3)(c3ccccc3)OCC12. The Morgan fingerprint density at radius 2 is 1.35 bits per heavy atom. The summed E-state index contributed by atoms with van der Waals surface area (Å²) in [7, 11) is 0. The summed E-state index contributed by atoms with van der Waals surface area (Å²) in [6, 6.07) is 19.8. The number of cyclic esters (lactones) is 1. The number of esters is 1. The first-order valence-electron chi connectivity index (χ1n) is 7.85. The van der Waals surface area contributed by atoms with Gasteiger partial charge < -0.3 is 14.2 Å². The van der Waals surface area contributed by atoms with Gasteiger partial charge in [-0.1, -0.05) is 60.7 Å². The molecule has 2 atom stereocenters. The van der Waals surface area contributed by atoms with Gasteiger partial charge in [0.15, 0.2) is 0 Å². The molecule has 2 aliphatic heterocycles. The molecule has 2 saturated heterocycles. The highest BCUT2D eigenvalue weighted by Gasteiger charge is 2.47. The fourth-order valence-electron chi connectivity index (χ4n) is 3.26. The topological polar surface area (TPSA) is 44.8 Å². The van der Waals surface area contributed by atoms with Gasteiger partial charge in [0.05, 0.1) is 25.7 Å². The smallest absolute Gasteiger partial charge is 0.311 e. The second-order valence-electron chi connectivity index (χ2n) is 5.97. The van der Waals surface area contributed by atoms with E-state index in [0.29, 0.717) is 19.8 Å². The Morgan fingerprint density at radius 3 is 1.96 bits per heavy atom. The van der Waals surface area contributed by atoms with Crippen molar-refractivity contribution in [2.75, 3.05) is 19.8 Å². The monoisotopic (exact) mass is 310 g/mol. The lowest BCUT2D eigenvalue weighted by Gasteiger charge is -2.33. The largest absolute Gasteiger partial charge is 0.465 e. The standard InChI is InChI=1S/C19H18O4/c20-18-17-13-23-19(15-7-3-1-4-8-15,16-9-5-2-6-10-16)22-12-14(17)11-21-18/h1-10,14,17H,11-13H2. The third kappa shape index (κ3) is 2.44. The lowest BCUT2D eigenvalue weighted by atomic mass is 9.97. The quantitative estimate of drug-likeness (QED) is 0.800. The summed E-state index contributed by atoms with van der Waals surface area (Å²) < 4.78 is 17.6. The lowest BCUT2D eigenvalue weighted by molar-refractivity contribution is -0.210. The lowest BCUT2D eigenvalue weighted by Crippen LogP contribution is -2.34. The zero-order chi connectivity index (χ0) is 15.7. The number of rotatable bonds is 2. The fraction of sp³-hybridized carbons (Fsp3) is 0.316. The molecule has 23 heavy (non-hydrogen) atoms. The second kappa shape index (κ2) is 5.80. The van der Waals surface area contributed by atoms with Crippen LogP contribution < -0.4 is 0 Å². The van der Waals surface area contributed by atoms with Gasteiger partial charge in [-0.25, -0.2) is 0 Å². The number of ether oxygens (including phenoxy) is 3. The first-order chi connectivity index (χ1) is 11.3. The minimum atomic E-state index is -0.979. The van der Waals surface area contributed by atoms with E-state index in [1.165, 1.54) is 0 Å². The summed E-state index contributed by atoms with van der Waals surface area (Å²) in [4.78, 5) is 11.9. The summed E-state index contributed by atoms with van der Waals surface area (Å²) in [5.74, 6) is -1.36. The van der Waals surface area contributed by atoms with Crippen molar-refractivity contribution >= 4 is 5.97 Å². The van der Waals surface area contributed by atoms with Gasteiger partial charge in [0.25, 0.3) is 0 Å². The van der Waals surface area contributed by atoms with E-state index in [1.807, 2.05) is 60.7 Å². The number of fused-ring (bicyclic) bond motifs is 1. The van der Waals surface area contributed by atoms with E-state index in [-0.39, 0.29) is 17.8 Å². The third-order valence-electron chi connectivity index (χ3n) is 4.59. The van der Waals surface area contributed by atoms with Crippen LogP contribution in [0, 0.1) is 11.8 Å². The zero-order valence-corrected chi connectivity index (χ0v) is 12.7. The van der Waals surface area contributed by atoms with Gasteiger partial charge in [-0.05, 0) is 0 Å². The Morgan fingerprint density at radius 1 is 0.783 bits per heavy atom. The van der Waals surface area contributed by atoms with E-state index >= 15 is 0 Å². The molecular formula is C19H18O4. The van der Waals surface area contributed by atoms with Crippen LogP contribution in [0.25, 0.3) is 0 Å². The van der Waals surface area contributed by atoms with E-state index in [0.717, 1.165) is 11.1 Å². The van der Waals surface area contributed by atoms with Crippen molar-refractivity contribution in [1.82, 2.24) is 0 Å².